The lowest BCUT2D eigenvalue weighted by Gasteiger charge is -2.33. The van der Waals surface area contributed by atoms with Gasteiger partial charge in [-0.25, -0.2) is 0 Å². The Balaban J connectivity index is 2.55. The first kappa shape index (κ1) is 21.9. The zero-order valence-corrected chi connectivity index (χ0v) is 18.5. The lowest BCUT2D eigenvalue weighted by molar-refractivity contribution is 0.0862. The number of aliphatic hydroxyl groups is 1. The highest BCUT2D eigenvalue weighted by Gasteiger charge is 2.36. The highest BCUT2D eigenvalue weighted by molar-refractivity contribution is 5.88. The molecule has 0 aliphatic heterocycles. The third kappa shape index (κ3) is 3.27. The Hall–Kier alpha value is -2.80. The van der Waals surface area contributed by atoms with Crippen molar-refractivity contribution in [3.63, 3.8) is 0 Å². The van der Waals surface area contributed by atoms with Gasteiger partial charge >= 0.3 is 0 Å². The van der Waals surface area contributed by atoms with Gasteiger partial charge in [-0.1, -0.05) is 13.8 Å². The minimum absolute atomic E-state index is 0.00457. The van der Waals surface area contributed by atoms with Crippen molar-refractivity contribution in [3.8, 4) is 45.6 Å². The predicted molar refractivity (Wildman–Crippen MR) is 113 cm³/mol. The van der Waals surface area contributed by atoms with Crippen molar-refractivity contribution < 1.29 is 33.9 Å². The van der Waals surface area contributed by atoms with Crippen LogP contribution >= 0.6 is 0 Å². The fraction of sp³-hybridized carbons (Fsp3) is 0.478. The maximum atomic E-state index is 11.3. The highest BCUT2D eigenvalue weighted by atomic mass is 16.5. The summed E-state index contributed by atoms with van der Waals surface area (Å²) >= 11 is 0. The molecule has 0 unspecified atom stereocenters. The number of phenolic OH excluding ortho intramolecular Hbond substituents is 1. The largest absolute Gasteiger partial charge is 0.504 e. The quantitative estimate of drug-likeness (QED) is 0.760. The first-order valence-corrected chi connectivity index (χ1v) is 9.82. The molecule has 3 atom stereocenters. The van der Waals surface area contributed by atoms with Crippen LogP contribution < -0.4 is 23.7 Å². The van der Waals surface area contributed by atoms with Crippen LogP contribution in [-0.2, 0) is 6.42 Å². The molecule has 2 N–H and O–H groups in total. The summed E-state index contributed by atoms with van der Waals surface area (Å²) in [6.07, 6.45) is -0.153. The molecule has 0 fully saturated rings. The average Bonchev–Trinajstić information content (AvgIpc) is 2.75. The van der Waals surface area contributed by atoms with Gasteiger partial charge in [-0.15, -0.1) is 0 Å². The molecular formula is C23H30O7. The van der Waals surface area contributed by atoms with E-state index in [0.717, 1.165) is 5.56 Å². The molecular weight excluding hydrogens is 388 g/mol. The maximum absolute atomic E-state index is 11.3. The van der Waals surface area contributed by atoms with Crippen LogP contribution in [0.3, 0.4) is 0 Å². The van der Waals surface area contributed by atoms with Gasteiger partial charge in [0.25, 0.3) is 0 Å². The number of hydrogen-bond acceptors (Lipinski definition) is 7. The number of fused-ring (bicyclic) bond motifs is 3. The molecule has 1 aliphatic carbocycles. The van der Waals surface area contributed by atoms with E-state index in [1.54, 1.807) is 26.4 Å². The minimum atomic E-state index is -0.777. The molecule has 1 aliphatic rings. The van der Waals surface area contributed by atoms with E-state index in [9.17, 15) is 10.2 Å². The van der Waals surface area contributed by atoms with Crippen LogP contribution in [0.25, 0.3) is 11.1 Å². The van der Waals surface area contributed by atoms with E-state index in [1.165, 1.54) is 21.3 Å². The molecule has 0 aromatic heterocycles. The Bertz CT molecular complexity index is 938. The molecule has 164 valence electrons. The van der Waals surface area contributed by atoms with Crippen LogP contribution in [0.2, 0.25) is 0 Å². The van der Waals surface area contributed by atoms with Crippen LogP contribution in [0.4, 0.5) is 0 Å². The average molecular weight is 418 g/mol. The third-order valence-corrected chi connectivity index (χ3v) is 6.07. The molecule has 0 spiro atoms. The molecule has 7 nitrogen and oxygen atoms in total. The van der Waals surface area contributed by atoms with E-state index in [-0.39, 0.29) is 23.3 Å². The monoisotopic (exact) mass is 418 g/mol. The summed E-state index contributed by atoms with van der Waals surface area (Å²) < 4.78 is 28.0. The third-order valence-electron chi connectivity index (χ3n) is 6.07. The normalized spacial score (nSPS) is 20.3. The van der Waals surface area contributed by atoms with Crippen LogP contribution in [-0.4, -0.2) is 45.8 Å². The smallest absolute Gasteiger partial charge is 0.203 e. The van der Waals surface area contributed by atoms with Gasteiger partial charge in [0, 0.05) is 11.1 Å². The summed E-state index contributed by atoms with van der Waals surface area (Å²) in [6.45, 7) is 4.09. The standard InChI is InChI=1S/C23H30O7/c1-11-8-13-9-15(24)20(27-4)22(29-6)17(13)18-14(19(25)12(11)2)10-16(26-3)21(28-5)23(18)30-7/h9-12,19,24-25H,8H2,1-7H3/t11-,12-,19+/m0/s1. The first-order chi connectivity index (χ1) is 14.3. The number of aromatic hydroxyl groups is 1. The zero-order valence-electron chi connectivity index (χ0n) is 18.5. The van der Waals surface area contributed by atoms with E-state index in [0.29, 0.717) is 46.1 Å². The van der Waals surface area contributed by atoms with E-state index >= 15 is 0 Å². The van der Waals surface area contributed by atoms with Gasteiger partial charge in [0.2, 0.25) is 11.5 Å². The van der Waals surface area contributed by atoms with Crippen molar-refractivity contribution in [1.82, 2.24) is 0 Å². The molecule has 0 heterocycles. The van der Waals surface area contributed by atoms with Crippen LogP contribution in [0, 0.1) is 11.8 Å². The second-order valence-electron chi connectivity index (χ2n) is 7.59. The van der Waals surface area contributed by atoms with Crippen LogP contribution in [0.1, 0.15) is 31.1 Å². The summed E-state index contributed by atoms with van der Waals surface area (Å²) in [6, 6.07) is 3.47. The molecule has 3 rings (SSSR count). The SMILES string of the molecule is COc1cc2c(c(OC)c1OC)-c1c(cc(O)c(OC)c1OC)C[C@H](C)[C@H](C)[C@H]2O. The van der Waals surface area contributed by atoms with Crippen molar-refractivity contribution in [2.24, 2.45) is 11.8 Å². The number of hydrogen-bond donors (Lipinski definition) is 2. The van der Waals surface area contributed by atoms with Gasteiger partial charge in [-0.05, 0) is 41.5 Å². The molecule has 2 aromatic carbocycles. The molecule has 0 saturated heterocycles. The second-order valence-corrected chi connectivity index (χ2v) is 7.59. The number of ether oxygens (including phenoxy) is 5. The van der Waals surface area contributed by atoms with Crippen LogP contribution in [0.15, 0.2) is 12.1 Å². The summed E-state index contributed by atoms with van der Waals surface area (Å²) in [5, 5.41) is 21.9. The number of rotatable bonds is 5. The zero-order chi connectivity index (χ0) is 22.2. The summed E-state index contributed by atoms with van der Waals surface area (Å²) in [5.41, 5.74) is 2.82. The highest BCUT2D eigenvalue weighted by Crippen LogP contribution is 2.57. The Morgan fingerprint density at radius 2 is 1.33 bits per heavy atom. The van der Waals surface area contributed by atoms with Crippen molar-refractivity contribution in [1.29, 1.82) is 0 Å². The maximum Gasteiger partial charge on any atom is 0.203 e. The van der Waals surface area contributed by atoms with E-state index in [1.807, 2.05) is 6.92 Å². The van der Waals surface area contributed by atoms with Gasteiger partial charge in [-0.2, -0.15) is 0 Å². The lowest BCUT2D eigenvalue weighted by Crippen LogP contribution is -2.23. The topological polar surface area (TPSA) is 86.6 Å². The number of methoxy groups -OCH3 is 5. The Labute approximate surface area is 177 Å². The fourth-order valence-corrected chi connectivity index (χ4v) is 4.30. The van der Waals surface area contributed by atoms with E-state index < -0.39 is 6.10 Å². The van der Waals surface area contributed by atoms with Crippen molar-refractivity contribution in [2.75, 3.05) is 35.5 Å². The summed E-state index contributed by atoms with van der Waals surface area (Å²) in [7, 11) is 7.61. The number of benzene rings is 2. The molecule has 0 amide bonds. The Morgan fingerprint density at radius 3 is 1.87 bits per heavy atom. The molecule has 0 bridgehead atoms. The van der Waals surface area contributed by atoms with Gasteiger partial charge in [0.05, 0.1) is 41.7 Å². The van der Waals surface area contributed by atoms with E-state index in [4.69, 9.17) is 23.7 Å². The van der Waals surface area contributed by atoms with Gasteiger partial charge < -0.3 is 33.9 Å². The number of phenols is 1. The Kier molecular flexibility index (Phi) is 6.22. The van der Waals surface area contributed by atoms with Crippen molar-refractivity contribution in [2.45, 2.75) is 26.4 Å². The molecule has 7 heteroatoms. The molecule has 30 heavy (non-hydrogen) atoms. The minimum Gasteiger partial charge on any atom is -0.504 e. The second kappa shape index (κ2) is 8.52. The fourth-order valence-electron chi connectivity index (χ4n) is 4.30. The first-order valence-electron chi connectivity index (χ1n) is 9.82. The molecule has 2 aromatic rings. The predicted octanol–water partition coefficient (Wildman–Crippen LogP) is 3.96. The van der Waals surface area contributed by atoms with Gasteiger partial charge in [-0.3, -0.25) is 0 Å². The van der Waals surface area contributed by atoms with E-state index in [2.05, 4.69) is 6.92 Å². The lowest BCUT2D eigenvalue weighted by atomic mass is 9.76. The van der Waals surface area contributed by atoms with Crippen molar-refractivity contribution in [3.05, 3.63) is 23.3 Å². The van der Waals surface area contributed by atoms with Crippen LogP contribution in [0.5, 0.6) is 34.5 Å². The molecule has 0 saturated carbocycles. The van der Waals surface area contributed by atoms with Gasteiger partial charge in [0.15, 0.2) is 23.0 Å². The summed E-state index contributed by atoms with van der Waals surface area (Å²) in [5.74, 6) is 1.93. The summed E-state index contributed by atoms with van der Waals surface area (Å²) in [4.78, 5) is 0. The van der Waals surface area contributed by atoms with Crippen molar-refractivity contribution >= 4 is 0 Å². The number of aliphatic hydroxyl groups excluding tert-OH is 1. The molecule has 0 radical (unpaired) electrons. The van der Waals surface area contributed by atoms with Gasteiger partial charge in [0.1, 0.15) is 0 Å². The Morgan fingerprint density at radius 1 is 0.767 bits per heavy atom.